The Bertz CT molecular complexity index is 935. The highest BCUT2D eigenvalue weighted by molar-refractivity contribution is 5.74. The van der Waals surface area contributed by atoms with Crippen molar-refractivity contribution in [2.24, 2.45) is 10.7 Å². The van der Waals surface area contributed by atoms with Gasteiger partial charge in [0.1, 0.15) is 11.6 Å². The van der Waals surface area contributed by atoms with Crippen LogP contribution in [0.1, 0.15) is 31.2 Å². The highest BCUT2D eigenvalue weighted by Gasteiger charge is 2.28. The van der Waals surface area contributed by atoms with Gasteiger partial charge in [0, 0.05) is 18.3 Å². The van der Waals surface area contributed by atoms with Crippen LogP contribution in [0.4, 0.5) is 0 Å². The summed E-state index contributed by atoms with van der Waals surface area (Å²) in [4.78, 5) is 7.11. The fraction of sp³-hybridized carbons (Fsp3) is 0.400. The predicted octanol–water partition coefficient (Wildman–Crippen LogP) is 3.41. The maximum Gasteiger partial charge on any atom is 0.210 e. The first-order chi connectivity index (χ1) is 15.2. The molecule has 2 aromatic rings. The Balaban J connectivity index is 1.38. The first kappa shape index (κ1) is 21.4. The van der Waals surface area contributed by atoms with Crippen LogP contribution in [-0.4, -0.2) is 44.4 Å². The summed E-state index contributed by atoms with van der Waals surface area (Å²) in [5, 5.41) is 6.86. The average molecular weight is 420 g/mol. The first-order valence-corrected chi connectivity index (χ1v) is 11.2. The summed E-state index contributed by atoms with van der Waals surface area (Å²) in [5.74, 6) is 0.736. The zero-order valence-electron chi connectivity index (χ0n) is 18.3. The second-order valence-corrected chi connectivity index (χ2v) is 8.25. The number of methoxy groups -OCH3 is 1. The van der Waals surface area contributed by atoms with Crippen LogP contribution in [0.2, 0.25) is 0 Å². The van der Waals surface area contributed by atoms with Gasteiger partial charge in [0.2, 0.25) is 5.79 Å². The molecule has 31 heavy (non-hydrogen) atoms. The summed E-state index contributed by atoms with van der Waals surface area (Å²) in [7, 11) is 1.68. The van der Waals surface area contributed by atoms with Gasteiger partial charge < -0.3 is 20.3 Å². The van der Waals surface area contributed by atoms with Crippen molar-refractivity contribution in [1.82, 2.24) is 15.5 Å². The van der Waals surface area contributed by atoms with Crippen LogP contribution in [0.15, 0.2) is 65.4 Å². The molecule has 0 spiro atoms. The summed E-state index contributed by atoms with van der Waals surface area (Å²) in [6, 6.07) is 16.2. The first-order valence-electron chi connectivity index (χ1n) is 11.2. The summed E-state index contributed by atoms with van der Waals surface area (Å²) < 4.78 is 5.36. The van der Waals surface area contributed by atoms with E-state index >= 15 is 0 Å². The lowest BCUT2D eigenvalue weighted by atomic mass is 9.99. The summed E-state index contributed by atoms with van der Waals surface area (Å²) in [6.07, 6.45) is 8.88. The monoisotopic (exact) mass is 419 g/mol. The van der Waals surface area contributed by atoms with Crippen LogP contribution in [0.5, 0.6) is 5.75 Å². The molecule has 0 radical (unpaired) electrons. The van der Waals surface area contributed by atoms with Crippen molar-refractivity contribution < 1.29 is 4.74 Å². The lowest BCUT2D eigenvalue weighted by Crippen LogP contribution is -2.52. The maximum absolute atomic E-state index is 6.67. The largest absolute Gasteiger partial charge is 0.497 e. The molecule has 1 fully saturated rings. The lowest BCUT2D eigenvalue weighted by Gasteiger charge is -2.32. The van der Waals surface area contributed by atoms with E-state index in [0.29, 0.717) is 0 Å². The number of nitrogens with one attached hydrogen (secondary N) is 2. The number of nitrogens with two attached hydrogens (primary N) is 1. The van der Waals surface area contributed by atoms with Crippen LogP contribution in [-0.2, 0) is 5.79 Å². The fourth-order valence-corrected chi connectivity index (χ4v) is 4.21. The molecule has 164 valence electrons. The number of aliphatic imine (C=N–C) groups is 1. The third kappa shape index (κ3) is 5.46. The Morgan fingerprint density at radius 2 is 1.87 bits per heavy atom. The zero-order valence-corrected chi connectivity index (χ0v) is 18.3. The summed E-state index contributed by atoms with van der Waals surface area (Å²) in [6.45, 7) is 4.53. The Kier molecular flexibility index (Phi) is 6.89. The number of benzene rings is 2. The second kappa shape index (κ2) is 9.98. The minimum absolute atomic E-state index is 0.832. The van der Waals surface area contributed by atoms with E-state index in [1.165, 1.54) is 32.4 Å². The Morgan fingerprint density at radius 1 is 1.10 bits per heavy atom. The molecule has 4 rings (SSSR count). The van der Waals surface area contributed by atoms with Crippen molar-refractivity contribution in [3.8, 4) is 16.9 Å². The number of nitrogens with zero attached hydrogens (tertiary/aromatic N) is 2. The molecular formula is C25H33N5O. The molecule has 6 heteroatoms. The molecule has 0 saturated carbocycles. The van der Waals surface area contributed by atoms with E-state index in [4.69, 9.17) is 10.5 Å². The van der Waals surface area contributed by atoms with E-state index in [9.17, 15) is 0 Å². The molecule has 2 aliphatic rings. The second-order valence-electron chi connectivity index (χ2n) is 8.25. The molecule has 1 saturated heterocycles. The molecule has 4 N–H and O–H groups in total. The Hall–Kier alpha value is -2.83. The van der Waals surface area contributed by atoms with Crippen molar-refractivity contribution in [2.75, 3.05) is 33.3 Å². The summed E-state index contributed by atoms with van der Waals surface area (Å²) in [5.41, 5.74) is 9.73. The maximum atomic E-state index is 6.67. The quantitative estimate of drug-likeness (QED) is 0.572. The molecule has 6 nitrogen and oxygen atoms in total. The molecule has 2 aromatic carbocycles. The molecule has 1 atom stereocenters. The number of likely N-dealkylation sites (tertiary alicyclic amines) is 1. The molecule has 0 bridgehead atoms. The fourth-order valence-electron chi connectivity index (χ4n) is 4.21. The topological polar surface area (TPSA) is 74.9 Å². The molecule has 1 unspecified atom stereocenters. The molecule has 2 aliphatic heterocycles. The van der Waals surface area contributed by atoms with Gasteiger partial charge in [0.15, 0.2) is 0 Å². The van der Waals surface area contributed by atoms with E-state index < -0.39 is 5.79 Å². The van der Waals surface area contributed by atoms with Crippen LogP contribution in [0.3, 0.4) is 0 Å². The minimum Gasteiger partial charge on any atom is -0.497 e. The van der Waals surface area contributed by atoms with Gasteiger partial charge in [-0.1, -0.05) is 36.8 Å². The number of hydrogen-bond acceptors (Lipinski definition) is 6. The van der Waals surface area contributed by atoms with Crippen LogP contribution >= 0.6 is 0 Å². The summed E-state index contributed by atoms with van der Waals surface area (Å²) >= 11 is 0. The highest BCUT2D eigenvalue weighted by Crippen LogP contribution is 2.28. The van der Waals surface area contributed by atoms with Gasteiger partial charge in [0.05, 0.1) is 7.11 Å². The van der Waals surface area contributed by atoms with Gasteiger partial charge in [-0.25, -0.2) is 4.99 Å². The van der Waals surface area contributed by atoms with Gasteiger partial charge in [0.25, 0.3) is 0 Å². The Labute approximate surface area is 185 Å². The van der Waals surface area contributed by atoms with Gasteiger partial charge >= 0.3 is 0 Å². The Morgan fingerprint density at radius 3 is 2.68 bits per heavy atom. The zero-order chi connectivity index (χ0) is 21.5. The standard InChI is InChI=1S/C25H33N5O/c1-31-23-11-6-9-21(19-23)20-8-5-10-22(18-20)25(26)28-14-12-24(29-25)27-13-7-17-30-15-3-2-4-16-30/h5-6,8-12,14,18-19,27,29H,2-4,7,13,15-17,26H2,1H3. The van der Waals surface area contributed by atoms with Gasteiger partial charge in [-0.3, -0.25) is 5.73 Å². The van der Waals surface area contributed by atoms with Gasteiger partial charge in [-0.15, -0.1) is 0 Å². The van der Waals surface area contributed by atoms with Crippen molar-refractivity contribution in [1.29, 1.82) is 0 Å². The SMILES string of the molecule is COc1cccc(-c2cccc(C3(N)N=CC=C(NCCCN4CCCCC4)N3)c2)c1. The van der Waals surface area contributed by atoms with Crippen molar-refractivity contribution in [2.45, 2.75) is 31.5 Å². The number of rotatable bonds is 8. The van der Waals surface area contributed by atoms with Crippen LogP contribution < -0.4 is 21.1 Å². The third-order valence-corrected chi connectivity index (χ3v) is 5.97. The number of piperidine rings is 1. The van der Waals surface area contributed by atoms with Crippen LogP contribution in [0, 0.1) is 0 Å². The van der Waals surface area contributed by atoms with Crippen molar-refractivity contribution >= 4 is 6.21 Å². The van der Waals surface area contributed by atoms with Gasteiger partial charge in [-0.2, -0.15) is 0 Å². The van der Waals surface area contributed by atoms with Crippen molar-refractivity contribution in [3.05, 3.63) is 66.0 Å². The smallest absolute Gasteiger partial charge is 0.210 e. The molecule has 0 amide bonds. The third-order valence-electron chi connectivity index (χ3n) is 5.97. The normalized spacial score (nSPS) is 21.3. The van der Waals surface area contributed by atoms with Gasteiger partial charge in [-0.05, 0) is 74.3 Å². The van der Waals surface area contributed by atoms with E-state index in [1.807, 2.05) is 36.4 Å². The average Bonchev–Trinajstić information content (AvgIpc) is 2.83. The van der Waals surface area contributed by atoms with E-state index in [2.05, 4.69) is 38.7 Å². The molecule has 2 heterocycles. The molecule has 0 aliphatic carbocycles. The number of ether oxygens (including phenoxy) is 1. The molecular weight excluding hydrogens is 386 g/mol. The highest BCUT2D eigenvalue weighted by atomic mass is 16.5. The van der Waals surface area contributed by atoms with Crippen LogP contribution in [0.25, 0.3) is 11.1 Å². The number of allylic oxidation sites excluding steroid dienone is 1. The van der Waals surface area contributed by atoms with E-state index in [0.717, 1.165) is 47.8 Å². The molecule has 0 aromatic heterocycles. The van der Waals surface area contributed by atoms with Crippen molar-refractivity contribution in [3.63, 3.8) is 0 Å². The lowest BCUT2D eigenvalue weighted by molar-refractivity contribution is 0.226. The predicted molar refractivity (Wildman–Crippen MR) is 127 cm³/mol. The number of hydrogen-bond donors (Lipinski definition) is 3. The van der Waals surface area contributed by atoms with E-state index in [-0.39, 0.29) is 0 Å². The minimum atomic E-state index is -1.00. The van der Waals surface area contributed by atoms with E-state index in [1.54, 1.807) is 13.3 Å².